The summed E-state index contributed by atoms with van der Waals surface area (Å²) in [5.74, 6) is -0.434. The van der Waals surface area contributed by atoms with Crippen LogP contribution in [0.15, 0.2) is 48.7 Å². The maximum Gasteiger partial charge on any atom is 0.340 e. The average molecular weight is 345 g/mol. The van der Waals surface area contributed by atoms with Crippen molar-refractivity contribution in [1.29, 1.82) is 0 Å². The number of hydrogen-bond acceptors (Lipinski definition) is 4. The Morgan fingerprint density at radius 2 is 2.00 bits per heavy atom. The number of alkyl halides is 2. The van der Waals surface area contributed by atoms with Crippen molar-refractivity contribution in [1.82, 2.24) is 15.1 Å². The van der Waals surface area contributed by atoms with E-state index >= 15 is 0 Å². The maximum absolute atomic E-state index is 12.1. The topological polar surface area (TPSA) is 56.1 Å². The Bertz CT molecular complexity index is 876. The van der Waals surface area contributed by atoms with Gasteiger partial charge in [0, 0.05) is 18.1 Å². The molecule has 7 heteroatoms. The van der Waals surface area contributed by atoms with Crippen molar-refractivity contribution in [3.8, 4) is 5.69 Å². The van der Waals surface area contributed by atoms with E-state index in [0.29, 0.717) is 17.6 Å². The lowest BCUT2D eigenvalue weighted by molar-refractivity contribution is 0.0602. The fourth-order valence-corrected chi connectivity index (χ4v) is 2.54. The molecule has 0 aliphatic rings. The summed E-state index contributed by atoms with van der Waals surface area (Å²) in [6.07, 6.45) is -0.536. The van der Waals surface area contributed by atoms with Crippen LogP contribution in [0.1, 0.15) is 15.9 Å². The first-order chi connectivity index (χ1) is 12.1. The second-order valence-electron chi connectivity index (χ2n) is 5.50. The van der Waals surface area contributed by atoms with E-state index in [1.165, 1.54) is 7.11 Å². The first-order valence-electron chi connectivity index (χ1n) is 7.73. The third-order valence-corrected chi connectivity index (χ3v) is 3.77. The SMILES string of the molecule is COC(=O)c1cccc2cn(-c3ccc(CNCC(F)F)cc3)nc12. The Hall–Kier alpha value is -2.80. The van der Waals surface area contributed by atoms with Crippen molar-refractivity contribution in [2.75, 3.05) is 13.7 Å². The summed E-state index contributed by atoms with van der Waals surface area (Å²) in [4.78, 5) is 11.8. The predicted octanol–water partition coefficient (Wildman–Crippen LogP) is 3.17. The van der Waals surface area contributed by atoms with Gasteiger partial charge in [0.15, 0.2) is 0 Å². The Morgan fingerprint density at radius 1 is 1.24 bits per heavy atom. The lowest BCUT2D eigenvalue weighted by Gasteiger charge is -2.06. The second kappa shape index (κ2) is 7.40. The first kappa shape index (κ1) is 17.0. The van der Waals surface area contributed by atoms with Crippen LogP contribution >= 0.6 is 0 Å². The molecule has 0 atom stereocenters. The molecular formula is C18H17F2N3O2. The lowest BCUT2D eigenvalue weighted by Crippen LogP contribution is -2.20. The summed E-state index contributed by atoms with van der Waals surface area (Å²) in [6, 6.07) is 12.7. The molecule has 3 aromatic rings. The molecule has 1 heterocycles. The molecule has 1 aromatic heterocycles. The number of rotatable bonds is 6. The molecule has 0 radical (unpaired) electrons. The number of nitrogens with one attached hydrogen (secondary N) is 1. The van der Waals surface area contributed by atoms with Gasteiger partial charge in [-0.25, -0.2) is 18.3 Å². The number of nitrogens with zero attached hydrogens (tertiary/aromatic N) is 2. The molecule has 0 aliphatic heterocycles. The molecule has 3 rings (SSSR count). The number of methoxy groups -OCH3 is 1. The van der Waals surface area contributed by atoms with E-state index in [2.05, 4.69) is 10.4 Å². The Morgan fingerprint density at radius 3 is 2.68 bits per heavy atom. The smallest absolute Gasteiger partial charge is 0.340 e. The van der Waals surface area contributed by atoms with E-state index in [-0.39, 0.29) is 6.54 Å². The number of benzene rings is 2. The van der Waals surface area contributed by atoms with Crippen molar-refractivity contribution in [2.45, 2.75) is 13.0 Å². The molecule has 0 saturated carbocycles. The molecule has 0 unspecified atom stereocenters. The fraction of sp³-hybridized carbons (Fsp3) is 0.222. The third-order valence-electron chi connectivity index (χ3n) is 3.77. The summed E-state index contributed by atoms with van der Waals surface area (Å²) < 4.78 is 30.7. The van der Waals surface area contributed by atoms with Crippen molar-refractivity contribution >= 4 is 16.9 Å². The van der Waals surface area contributed by atoms with Gasteiger partial charge < -0.3 is 10.1 Å². The number of fused-ring (bicyclic) bond motifs is 1. The normalized spacial score (nSPS) is 11.2. The number of carbonyl (C=O) groups excluding carboxylic acids is 1. The highest BCUT2D eigenvalue weighted by Gasteiger charge is 2.13. The zero-order valence-corrected chi connectivity index (χ0v) is 13.6. The fourth-order valence-electron chi connectivity index (χ4n) is 2.54. The van der Waals surface area contributed by atoms with Crippen LogP contribution in [0.25, 0.3) is 16.6 Å². The van der Waals surface area contributed by atoms with Crippen LogP contribution < -0.4 is 5.32 Å². The van der Waals surface area contributed by atoms with Crippen LogP contribution in [0.3, 0.4) is 0 Å². The van der Waals surface area contributed by atoms with E-state index < -0.39 is 12.4 Å². The van der Waals surface area contributed by atoms with Crippen LogP contribution in [0.4, 0.5) is 8.78 Å². The van der Waals surface area contributed by atoms with Gasteiger partial charge in [0.05, 0.1) is 24.9 Å². The monoisotopic (exact) mass is 345 g/mol. The minimum absolute atomic E-state index is 0.331. The summed E-state index contributed by atoms with van der Waals surface area (Å²) in [6.45, 7) is 0.0425. The molecule has 2 aromatic carbocycles. The van der Waals surface area contributed by atoms with Gasteiger partial charge in [-0.1, -0.05) is 24.3 Å². The van der Waals surface area contributed by atoms with E-state index in [0.717, 1.165) is 16.6 Å². The number of esters is 1. The van der Waals surface area contributed by atoms with Crippen LogP contribution in [0, 0.1) is 0 Å². The average Bonchev–Trinajstić information content (AvgIpc) is 3.05. The van der Waals surface area contributed by atoms with Crippen LogP contribution in [0.2, 0.25) is 0 Å². The van der Waals surface area contributed by atoms with Crippen LogP contribution in [-0.4, -0.2) is 35.8 Å². The number of ether oxygens (including phenoxy) is 1. The Kier molecular flexibility index (Phi) is 5.04. The largest absolute Gasteiger partial charge is 0.465 e. The van der Waals surface area contributed by atoms with Crippen molar-refractivity contribution in [3.63, 3.8) is 0 Å². The minimum Gasteiger partial charge on any atom is -0.465 e. The molecule has 0 saturated heterocycles. The second-order valence-corrected chi connectivity index (χ2v) is 5.50. The third kappa shape index (κ3) is 3.83. The number of carbonyl (C=O) groups is 1. The zero-order chi connectivity index (χ0) is 17.8. The van der Waals surface area contributed by atoms with Gasteiger partial charge in [-0.2, -0.15) is 5.10 Å². The Balaban J connectivity index is 1.83. The van der Waals surface area contributed by atoms with Gasteiger partial charge in [-0.3, -0.25) is 0 Å². The summed E-state index contributed by atoms with van der Waals surface area (Å²) >= 11 is 0. The highest BCUT2D eigenvalue weighted by molar-refractivity contribution is 6.02. The van der Waals surface area contributed by atoms with Crippen LogP contribution in [0.5, 0.6) is 0 Å². The van der Waals surface area contributed by atoms with Crippen molar-refractivity contribution < 1.29 is 18.3 Å². The first-order valence-corrected chi connectivity index (χ1v) is 7.73. The molecule has 0 spiro atoms. The van der Waals surface area contributed by atoms with Gasteiger partial charge in [0.2, 0.25) is 0 Å². The predicted molar refractivity (Wildman–Crippen MR) is 90.1 cm³/mol. The lowest BCUT2D eigenvalue weighted by atomic mass is 10.1. The molecule has 5 nitrogen and oxygen atoms in total. The molecule has 0 bridgehead atoms. The summed E-state index contributed by atoms with van der Waals surface area (Å²) in [7, 11) is 1.33. The van der Waals surface area contributed by atoms with E-state index in [1.54, 1.807) is 16.8 Å². The molecular weight excluding hydrogens is 328 g/mol. The molecule has 0 amide bonds. The van der Waals surface area contributed by atoms with Crippen LogP contribution in [-0.2, 0) is 11.3 Å². The van der Waals surface area contributed by atoms with E-state index in [4.69, 9.17) is 4.74 Å². The number of hydrogen-bond donors (Lipinski definition) is 1. The quantitative estimate of drug-likeness (QED) is 0.697. The van der Waals surface area contributed by atoms with Gasteiger partial charge in [-0.15, -0.1) is 0 Å². The highest BCUT2D eigenvalue weighted by Crippen LogP contribution is 2.20. The minimum atomic E-state index is -2.36. The van der Waals surface area contributed by atoms with E-state index in [1.807, 2.05) is 36.5 Å². The van der Waals surface area contributed by atoms with Gasteiger partial charge in [0.25, 0.3) is 6.43 Å². The number of aromatic nitrogens is 2. The van der Waals surface area contributed by atoms with Gasteiger partial charge >= 0.3 is 5.97 Å². The van der Waals surface area contributed by atoms with Gasteiger partial charge in [-0.05, 0) is 23.8 Å². The summed E-state index contributed by atoms with van der Waals surface area (Å²) in [5.41, 5.74) is 2.68. The maximum atomic E-state index is 12.1. The summed E-state index contributed by atoms with van der Waals surface area (Å²) in [5, 5.41) is 7.98. The molecule has 130 valence electrons. The molecule has 1 N–H and O–H groups in total. The Labute approximate surface area is 143 Å². The van der Waals surface area contributed by atoms with Gasteiger partial charge in [0.1, 0.15) is 5.52 Å². The molecule has 0 fully saturated rings. The van der Waals surface area contributed by atoms with Crippen molar-refractivity contribution in [2.24, 2.45) is 0 Å². The molecule has 25 heavy (non-hydrogen) atoms. The van der Waals surface area contributed by atoms with E-state index in [9.17, 15) is 13.6 Å². The molecule has 0 aliphatic carbocycles. The number of halogens is 2. The highest BCUT2D eigenvalue weighted by atomic mass is 19.3. The van der Waals surface area contributed by atoms with Crippen molar-refractivity contribution in [3.05, 3.63) is 59.8 Å². The standard InChI is InChI=1S/C18H17F2N3O2/c1-25-18(24)15-4-2-3-13-11-23(22-17(13)15)14-7-5-12(6-8-14)9-21-10-16(19)20/h2-8,11,16,21H,9-10H2,1H3. The zero-order valence-electron chi connectivity index (χ0n) is 13.6.